The number of ketones is 1. The number of aliphatic hydroxyl groups is 1. The molecule has 4 rings (SSSR count). The maximum absolute atomic E-state index is 13.2. The van der Waals surface area contributed by atoms with Gasteiger partial charge in [-0.1, -0.05) is 29.3 Å². The van der Waals surface area contributed by atoms with Crippen molar-refractivity contribution < 1.29 is 19.4 Å². The number of hydrogen-bond acceptors (Lipinski definition) is 5. The van der Waals surface area contributed by atoms with Gasteiger partial charge in [-0.2, -0.15) is 0 Å². The number of hydrogen-bond donors (Lipinski definition) is 1. The summed E-state index contributed by atoms with van der Waals surface area (Å²) < 4.78 is 5.22. The van der Waals surface area contributed by atoms with E-state index >= 15 is 0 Å². The Bertz CT molecular complexity index is 1260. The molecule has 0 saturated carbocycles. The van der Waals surface area contributed by atoms with E-state index in [0.29, 0.717) is 32.7 Å². The van der Waals surface area contributed by atoms with Crippen molar-refractivity contribution in [3.05, 3.63) is 93.2 Å². The summed E-state index contributed by atoms with van der Waals surface area (Å²) in [4.78, 5) is 32.0. The van der Waals surface area contributed by atoms with E-state index in [1.54, 1.807) is 61.7 Å². The van der Waals surface area contributed by atoms with E-state index in [2.05, 4.69) is 4.98 Å². The second kappa shape index (κ2) is 8.65. The van der Waals surface area contributed by atoms with E-state index < -0.39 is 17.7 Å². The van der Waals surface area contributed by atoms with E-state index in [1.807, 2.05) is 0 Å². The van der Waals surface area contributed by atoms with Gasteiger partial charge in [-0.15, -0.1) is 0 Å². The number of benzene rings is 2. The Labute approximate surface area is 194 Å². The Morgan fingerprint density at radius 2 is 1.88 bits per heavy atom. The number of Topliss-reactive ketones (excluding diaryl/α,β-unsaturated/α-hetero) is 1. The van der Waals surface area contributed by atoms with Crippen LogP contribution in [0.3, 0.4) is 0 Å². The molecule has 32 heavy (non-hydrogen) atoms. The quantitative estimate of drug-likeness (QED) is 0.317. The molecule has 1 amide bonds. The van der Waals surface area contributed by atoms with Crippen molar-refractivity contribution in [2.75, 3.05) is 12.0 Å². The summed E-state index contributed by atoms with van der Waals surface area (Å²) in [5, 5.41) is 12.0. The van der Waals surface area contributed by atoms with Crippen LogP contribution in [0.4, 0.5) is 5.69 Å². The number of aromatic nitrogens is 1. The van der Waals surface area contributed by atoms with Crippen LogP contribution in [0.5, 0.6) is 5.75 Å². The fourth-order valence-corrected chi connectivity index (χ4v) is 4.17. The van der Waals surface area contributed by atoms with Crippen molar-refractivity contribution in [2.24, 2.45) is 0 Å². The largest absolute Gasteiger partial charge is 0.507 e. The van der Waals surface area contributed by atoms with Crippen LogP contribution in [-0.2, 0) is 9.59 Å². The molecule has 0 spiro atoms. The summed E-state index contributed by atoms with van der Waals surface area (Å²) in [7, 11) is 1.45. The van der Waals surface area contributed by atoms with Gasteiger partial charge in [0.1, 0.15) is 17.6 Å². The van der Waals surface area contributed by atoms with Crippen molar-refractivity contribution in [1.29, 1.82) is 0 Å². The molecule has 1 N–H and O–H groups in total. The molecular formula is C24H18Cl2N2O4. The highest BCUT2D eigenvalue weighted by Gasteiger charge is 2.48. The first kappa shape index (κ1) is 21.9. The van der Waals surface area contributed by atoms with Gasteiger partial charge in [0.25, 0.3) is 11.7 Å². The molecule has 6 nitrogen and oxygen atoms in total. The molecule has 2 heterocycles. The normalized spacial score (nSPS) is 17.6. The average molecular weight is 469 g/mol. The Balaban J connectivity index is 1.96. The monoisotopic (exact) mass is 468 g/mol. The Kier molecular flexibility index (Phi) is 5.91. The number of anilines is 1. The number of rotatable bonds is 4. The molecule has 1 saturated heterocycles. The van der Waals surface area contributed by atoms with Gasteiger partial charge in [0.05, 0.1) is 23.4 Å². The van der Waals surface area contributed by atoms with Crippen LogP contribution >= 0.6 is 23.2 Å². The molecule has 2 aromatic carbocycles. The molecular weight excluding hydrogens is 451 g/mol. The smallest absolute Gasteiger partial charge is 0.300 e. The number of halogens is 2. The highest BCUT2D eigenvalue weighted by Crippen LogP contribution is 2.43. The lowest BCUT2D eigenvalue weighted by molar-refractivity contribution is -0.132. The van der Waals surface area contributed by atoms with Gasteiger partial charge in [-0.3, -0.25) is 19.5 Å². The third-order valence-electron chi connectivity index (χ3n) is 5.26. The summed E-state index contributed by atoms with van der Waals surface area (Å²) >= 11 is 12.2. The molecule has 162 valence electrons. The van der Waals surface area contributed by atoms with Gasteiger partial charge in [0.2, 0.25) is 0 Å². The number of amides is 1. The molecule has 8 heteroatoms. The van der Waals surface area contributed by atoms with Crippen LogP contribution in [0.25, 0.3) is 5.76 Å². The number of aryl methyl sites for hydroxylation is 1. The second-order valence-corrected chi connectivity index (χ2v) is 8.05. The lowest BCUT2D eigenvalue weighted by Gasteiger charge is -2.26. The molecule has 1 unspecified atom stereocenters. The second-order valence-electron chi connectivity index (χ2n) is 7.20. The zero-order valence-corrected chi connectivity index (χ0v) is 18.7. The van der Waals surface area contributed by atoms with Gasteiger partial charge >= 0.3 is 0 Å². The lowest BCUT2D eigenvalue weighted by atomic mass is 9.98. The van der Waals surface area contributed by atoms with Gasteiger partial charge in [0.15, 0.2) is 0 Å². The molecule has 1 fully saturated rings. The number of carbonyl (C=O) groups is 2. The molecule has 1 aromatic heterocycles. The first-order chi connectivity index (χ1) is 15.3. The van der Waals surface area contributed by atoms with Crippen LogP contribution in [0, 0.1) is 6.92 Å². The van der Waals surface area contributed by atoms with E-state index in [9.17, 15) is 14.7 Å². The summed E-state index contributed by atoms with van der Waals surface area (Å²) in [6, 6.07) is 13.9. The molecule has 3 aromatic rings. The summed E-state index contributed by atoms with van der Waals surface area (Å²) in [5.74, 6) is -1.61. The fraction of sp³-hybridized carbons (Fsp3) is 0.125. The van der Waals surface area contributed by atoms with E-state index in [1.165, 1.54) is 18.1 Å². The van der Waals surface area contributed by atoms with Gasteiger partial charge in [-0.05, 0) is 61.0 Å². The summed E-state index contributed by atoms with van der Waals surface area (Å²) in [6.07, 6.45) is 1.56. The Hall–Kier alpha value is -3.35. The number of aliphatic hydroxyl groups excluding tert-OH is 1. The predicted molar refractivity (Wildman–Crippen MR) is 123 cm³/mol. The van der Waals surface area contributed by atoms with Gasteiger partial charge in [0, 0.05) is 22.5 Å². The third kappa shape index (κ3) is 3.72. The predicted octanol–water partition coefficient (Wildman–Crippen LogP) is 5.33. The molecule has 1 atom stereocenters. The SMILES string of the molecule is COc1cc(/C(O)=C2\C(=O)C(=O)N(c3ccc(Cl)cc3C)C2c2ccccn2)ccc1Cl. The lowest BCUT2D eigenvalue weighted by Crippen LogP contribution is -2.30. The summed E-state index contributed by atoms with van der Waals surface area (Å²) in [6.45, 7) is 1.79. The zero-order valence-electron chi connectivity index (χ0n) is 17.2. The molecule has 1 aliphatic rings. The number of ether oxygens (including phenoxy) is 1. The first-order valence-electron chi connectivity index (χ1n) is 9.65. The molecule has 0 radical (unpaired) electrons. The van der Waals surface area contributed by atoms with E-state index in [0.717, 1.165) is 0 Å². The van der Waals surface area contributed by atoms with Crippen molar-refractivity contribution >= 4 is 46.3 Å². The highest BCUT2D eigenvalue weighted by molar-refractivity contribution is 6.51. The van der Waals surface area contributed by atoms with Crippen LogP contribution in [-0.4, -0.2) is 28.9 Å². The number of methoxy groups -OCH3 is 1. The number of nitrogens with zero attached hydrogens (tertiary/aromatic N) is 2. The van der Waals surface area contributed by atoms with Crippen molar-refractivity contribution in [1.82, 2.24) is 4.98 Å². The van der Waals surface area contributed by atoms with E-state index in [4.69, 9.17) is 27.9 Å². The minimum Gasteiger partial charge on any atom is -0.507 e. The van der Waals surface area contributed by atoms with Crippen LogP contribution in [0.2, 0.25) is 10.0 Å². The van der Waals surface area contributed by atoms with Crippen molar-refractivity contribution in [3.8, 4) is 5.75 Å². The van der Waals surface area contributed by atoms with Crippen molar-refractivity contribution in [3.63, 3.8) is 0 Å². The van der Waals surface area contributed by atoms with Gasteiger partial charge in [-0.25, -0.2) is 0 Å². The minimum atomic E-state index is -0.933. The molecule has 0 aliphatic carbocycles. The van der Waals surface area contributed by atoms with Crippen LogP contribution < -0.4 is 9.64 Å². The summed E-state index contributed by atoms with van der Waals surface area (Å²) in [5.41, 5.74) is 1.85. The molecule has 1 aliphatic heterocycles. The number of carbonyl (C=O) groups excluding carboxylic acids is 2. The van der Waals surface area contributed by atoms with Crippen LogP contribution in [0.15, 0.2) is 66.4 Å². The zero-order chi connectivity index (χ0) is 23.0. The molecule has 0 bridgehead atoms. The highest BCUT2D eigenvalue weighted by atomic mass is 35.5. The standard InChI is InChI=1S/C24H18Cl2N2O4/c1-13-11-15(25)7-9-18(13)28-21(17-5-3-4-10-27-17)20(23(30)24(28)31)22(29)14-6-8-16(26)19(12-14)32-2/h3-12,21,29H,1-2H3/b22-20+. The Morgan fingerprint density at radius 3 is 2.53 bits per heavy atom. The van der Waals surface area contributed by atoms with Gasteiger partial charge < -0.3 is 9.84 Å². The van der Waals surface area contributed by atoms with E-state index in [-0.39, 0.29) is 16.9 Å². The maximum Gasteiger partial charge on any atom is 0.300 e. The first-order valence-corrected chi connectivity index (χ1v) is 10.4. The maximum atomic E-state index is 13.2. The average Bonchev–Trinajstić information content (AvgIpc) is 3.05. The number of pyridine rings is 1. The third-order valence-corrected chi connectivity index (χ3v) is 5.80. The minimum absolute atomic E-state index is 0.0765. The van der Waals surface area contributed by atoms with Crippen molar-refractivity contribution in [2.45, 2.75) is 13.0 Å². The Morgan fingerprint density at radius 1 is 1.09 bits per heavy atom. The fourth-order valence-electron chi connectivity index (χ4n) is 3.75. The topological polar surface area (TPSA) is 79.7 Å². The van der Waals surface area contributed by atoms with Crippen LogP contribution in [0.1, 0.15) is 22.9 Å².